The molecule has 11 rings (SSSR count). The topological polar surface area (TPSA) is 258 Å². The quantitative estimate of drug-likeness (QED) is 0.0448. The number of ketones is 4. The molecular weight excluding hydrogens is 1030 g/mol. The van der Waals surface area contributed by atoms with Gasteiger partial charge in [-0.3, -0.25) is 28.3 Å². The first-order chi connectivity index (χ1) is 37.5. The van der Waals surface area contributed by atoms with Crippen molar-refractivity contribution in [1.82, 2.24) is 0 Å². The van der Waals surface area contributed by atoms with Crippen molar-refractivity contribution in [2.45, 2.75) is 134 Å². The van der Waals surface area contributed by atoms with Gasteiger partial charge in [0.1, 0.15) is 36.3 Å². The number of rotatable bonds is 12. The van der Waals surface area contributed by atoms with E-state index in [0.29, 0.717) is 79.8 Å². The van der Waals surface area contributed by atoms with Gasteiger partial charge >= 0.3 is 29.6 Å². The molecule has 0 aromatic heterocycles. The second kappa shape index (κ2) is 26.8. The summed E-state index contributed by atoms with van der Waals surface area (Å²) < 4.78 is 41.5. The van der Waals surface area contributed by atoms with Crippen LogP contribution in [0.5, 0.6) is 11.5 Å². The standard InChI is InChI=1S/C33H36O6S.C26H29N3O3.C2H6O.N3.Na/c1-21-3-11-26(12-4-21)40(36,37)39-18-17-38-25-9-5-22(6-10-25)29-20-33(2)30(15-16-31(33)35)28-13-7-23-19-24(34)8-14-27(23)32(28)29;1-26-15-22(16-2-6-19(7-3-16)32-13-12-28-29-27)25-20-9-5-18(30)14-17(20)4-8-21(25)23(26)10-11-24(26)31;1-2-3;1-3-2;/h3-6,9-12,19,28-30H,7-8,13-18,20H2,1-2H3;2-3,6-7,14,21-23H,4-5,8-13,15H2,1H3;3H,2H2,1H3;;/q;;;-1;+1/t28?,29-,30?,33+;21?,22-,23?,26+;;;/m11.../s1. The molecule has 0 amide bonds. The summed E-state index contributed by atoms with van der Waals surface area (Å²) >= 11 is 0. The number of aliphatic hydroxyl groups excluding tert-OH is 1. The maximum atomic E-state index is 13.1. The number of nitrogens with zero attached hydrogens (tertiary/aromatic N) is 6. The van der Waals surface area contributed by atoms with E-state index in [1.54, 1.807) is 19.1 Å². The van der Waals surface area contributed by atoms with Crippen LogP contribution in [0.2, 0.25) is 0 Å². The third kappa shape index (κ3) is 13.3. The van der Waals surface area contributed by atoms with Crippen LogP contribution in [0.25, 0.3) is 26.4 Å². The molecule has 3 aromatic rings. The Balaban J connectivity index is 0.000000210. The van der Waals surface area contributed by atoms with Crippen LogP contribution in [0, 0.1) is 41.4 Å². The molecular formula is C61H71N6NaO10S. The molecule has 8 atom stereocenters. The minimum absolute atomic E-state index is 0. The van der Waals surface area contributed by atoms with E-state index in [1.807, 2.05) is 43.3 Å². The summed E-state index contributed by atoms with van der Waals surface area (Å²) in [5.41, 5.74) is 32.9. The van der Waals surface area contributed by atoms with E-state index in [0.717, 1.165) is 81.1 Å². The zero-order valence-electron chi connectivity index (χ0n) is 46.2. The minimum atomic E-state index is -3.83. The van der Waals surface area contributed by atoms with Crippen molar-refractivity contribution in [2.75, 3.05) is 33.0 Å². The first kappa shape index (κ1) is 61.0. The van der Waals surface area contributed by atoms with Crippen LogP contribution in [-0.4, -0.2) is 69.6 Å². The number of ether oxygens (including phenoxy) is 2. The number of azide groups is 1. The van der Waals surface area contributed by atoms with Crippen molar-refractivity contribution >= 4 is 33.3 Å². The van der Waals surface area contributed by atoms with Gasteiger partial charge < -0.3 is 25.6 Å². The monoisotopic (exact) mass is 1100 g/mol. The minimum Gasteiger partial charge on any atom is -0.493 e. The SMILES string of the molecule is CCO.C[C@]12C[C@H](c3ccc(OCCN=[N+]=[N-])cc3)C3=C4CCC(=O)C=C4CCC3C1CCC2=O.Cc1ccc(S(=O)(=O)OCCOc2ccc([C@H]3C[C@]4(C)C(=O)CCC4C4CCC5=CC(=O)CCC5=C43)cc2)cc1.[N-]=[N+]=[N-].[Na+]. The van der Waals surface area contributed by atoms with Crippen molar-refractivity contribution in [3.05, 3.63) is 161 Å². The third-order valence-corrected chi connectivity index (χ3v) is 19.2. The molecule has 0 heterocycles. The molecule has 8 aliphatic carbocycles. The Morgan fingerprint density at radius 1 is 0.620 bits per heavy atom. The Hall–Kier alpha value is -5.61. The molecule has 0 saturated heterocycles. The van der Waals surface area contributed by atoms with Crippen molar-refractivity contribution < 1.29 is 75.9 Å². The fourth-order valence-corrected chi connectivity index (χ4v) is 15.3. The zero-order valence-corrected chi connectivity index (χ0v) is 49.0. The average molecular weight is 1100 g/mol. The Labute approximate surface area is 486 Å². The van der Waals surface area contributed by atoms with Gasteiger partial charge in [0.05, 0.1) is 18.0 Å². The van der Waals surface area contributed by atoms with Crippen LogP contribution in [0.15, 0.2) is 128 Å². The number of hydrogen-bond acceptors (Lipinski definition) is 11. The molecule has 0 spiro atoms. The molecule has 18 heteroatoms. The molecule has 16 nitrogen and oxygen atoms in total. The number of hydrogen-bond donors (Lipinski definition) is 1. The summed E-state index contributed by atoms with van der Waals surface area (Å²) in [6, 6.07) is 22.7. The summed E-state index contributed by atoms with van der Waals surface area (Å²) in [5, 5.41) is 11.1. The van der Waals surface area contributed by atoms with Gasteiger partial charge in [0.25, 0.3) is 10.1 Å². The van der Waals surface area contributed by atoms with Crippen LogP contribution >= 0.6 is 0 Å². The third-order valence-electron chi connectivity index (χ3n) is 17.9. The number of aryl methyl sites for hydroxylation is 1. The van der Waals surface area contributed by atoms with Crippen molar-refractivity contribution in [3.63, 3.8) is 0 Å². The molecule has 0 bridgehead atoms. The van der Waals surface area contributed by atoms with Crippen LogP contribution in [0.3, 0.4) is 0 Å². The molecule has 79 heavy (non-hydrogen) atoms. The Bertz CT molecular complexity index is 3110. The van der Waals surface area contributed by atoms with Crippen LogP contribution in [-0.2, 0) is 33.5 Å². The molecule has 0 radical (unpaired) electrons. The van der Waals surface area contributed by atoms with Gasteiger partial charge in [-0.2, -0.15) is 8.42 Å². The average Bonchev–Trinajstić information content (AvgIpc) is 4.02. The predicted molar refractivity (Wildman–Crippen MR) is 296 cm³/mol. The fraction of sp³-hybridized carbons (Fsp3) is 0.508. The largest absolute Gasteiger partial charge is 1.00 e. The van der Waals surface area contributed by atoms with Gasteiger partial charge in [-0.1, -0.05) is 72.1 Å². The maximum absolute atomic E-state index is 13.1. The van der Waals surface area contributed by atoms with E-state index >= 15 is 0 Å². The second-order valence-corrected chi connectivity index (χ2v) is 23.8. The summed E-state index contributed by atoms with van der Waals surface area (Å²) in [7, 11) is -3.83. The predicted octanol–water partition coefficient (Wildman–Crippen LogP) is 9.96. The number of carbonyl (C=O) groups excluding carboxylic acids is 4. The maximum Gasteiger partial charge on any atom is 1.00 e. The summed E-state index contributed by atoms with van der Waals surface area (Å²) in [6.45, 7) is 8.86. The van der Waals surface area contributed by atoms with Crippen LogP contribution in [0.1, 0.15) is 139 Å². The van der Waals surface area contributed by atoms with Crippen molar-refractivity contribution in [3.8, 4) is 11.5 Å². The van der Waals surface area contributed by atoms with Crippen molar-refractivity contribution in [1.29, 1.82) is 0 Å². The van der Waals surface area contributed by atoms with Gasteiger partial charge in [0.15, 0.2) is 11.6 Å². The summed E-state index contributed by atoms with van der Waals surface area (Å²) in [4.78, 5) is 54.8. The first-order valence-electron chi connectivity index (χ1n) is 27.5. The zero-order chi connectivity index (χ0) is 55.8. The Kier molecular flexibility index (Phi) is 20.7. The van der Waals surface area contributed by atoms with Gasteiger partial charge in [-0.25, -0.2) is 0 Å². The molecule has 8 aliphatic rings. The fourth-order valence-electron chi connectivity index (χ4n) is 14.4. The van der Waals surface area contributed by atoms with E-state index < -0.39 is 10.1 Å². The number of carbonyl (C=O) groups is 4. The van der Waals surface area contributed by atoms with E-state index in [2.05, 4.69) is 48.1 Å². The Morgan fingerprint density at radius 3 is 1.48 bits per heavy atom. The number of fused-ring (bicyclic) bond motifs is 8. The van der Waals surface area contributed by atoms with E-state index in [4.69, 9.17) is 35.4 Å². The van der Waals surface area contributed by atoms with Crippen molar-refractivity contribution in [2.24, 2.45) is 39.6 Å². The molecule has 412 valence electrons. The number of Topliss-reactive ketones (excluding diaryl/α,β-unsaturated/α-hetero) is 2. The molecule has 4 fully saturated rings. The molecule has 4 saturated carbocycles. The molecule has 0 aliphatic heterocycles. The number of allylic oxidation sites excluding steroid dienone is 8. The van der Waals surface area contributed by atoms with E-state index in [-0.39, 0.29) is 88.5 Å². The molecule has 1 N–H and O–H groups in total. The van der Waals surface area contributed by atoms with Gasteiger partial charge in [0, 0.05) is 59.9 Å². The summed E-state index contributed by atoms with van der Waals surface area (Å²) in [5.74, 6) is 4.66. The van der Waals surface area contributed by atoms with Gasteiger partial charge in [-0.15, -0.1) is 0 Å². The van der Waals surface area contributed by atoms with Gasteiger partial charge in [0.2, 0.25) is 0 Å². The normalized spacial score (nSPS) is 27.2. The number of aliphatic hydroxyl groups is 1. The smallest absolute Gasteiger partial charge is 0.493 e. The molecule has 4 unspecified atom stereocenters. The number of benzene rings is 3. The second-order valence-electron chi connectivity index (χ2n) is 22.2. The van der Waals surface area contributed by atoms with Crippen LogP contribution in [0.4, 0.5) is 0 Å². The van der Waals surface area contributed by atoms with Crippen LogP contribution < -0.4 is 39.0 Å². The Morgan fingerprint density at radius 2 is 1.05 bits per heavy atom. The van der Waals surface area contributed by atoms with E-state index in [9.17, 15) is 27.6 Å². The summed E-state index contributed by atoms with van der Waals surface area (Å²) in [6.07, 6.45) is 15.5. The van der Waals surface area contributed by atoms with Gasteiger partial charge in [-0.05, 0) is 189 Å². The first-order valence-corrected chi connectivity index (χ1v) is 28.9. The van der Waals surface area contributed by atoms with E-state index in [1.165, 1.54) is 56.0 Å². The molecule has 3 aromatic carbocycles.